The summed E-state index contributed by atoms with van der Waals surface area (Å²) in [6.45, 7) is 1.48. The van der Waals surface area contributed by atoms with Gasteiger partial charge < -0.3 is 15.0 Å². The molecule has 14 heteroatoms. The Morgan fingerprint density at radius 2 is 1.95 bits per heavy atom. The molecule has 5 rings (SSSR count). The minimum absolute atomic E-state index is 0.0563. The Kier molecular flexibility index (Phi) is 7.27. The summed E-state index contributed by atoms with van der Waals surface area (Å²) in [7, 11) is -4.14. The Hall–Kier alpha value is -3.26. The van der Waals surface area contributed by atoms with Crippen LogP contribution in [0.4, 0.5) is 19.1 Å². The molecule has 0 radical (unpaired) electrons. The lowest BCUT2D eigenvalue weighted by Crippen LogP contribution is -2.39. The van der Waals surface area contributed by atoms with Gasteiger partial charge >= 0.3 is 6.18 Å². The average Bonchev–Trinajstić information content (AvgIpc) is 3.26. The average molecular weight is 582 g/mol. The van der Waals surface area contributed by atoms with Crippen LogP contribution in [-0.2, 0) is 26.9 Å². The monoisotopic (exact) mass is 581 g/mol. The third-order valence-electron chi connectivity index (χ3n) is 6.50. The van der Waals surface area contributed by atoms with Crippen molar-refractivity contribution in [2.24, 2.45) is 0 Å². The van der Waals surface area contributed by atoms with Crippen LogP contribution >= 0.6 is 11.6 Å². The van der Waals surface area contributed by atoms with Crippen LogP contribution in [0.3, 0.4) is 0 Å². The molecule has 0 spiro atoms. The van der Waals surface area contributed by atoms with Gasteiger partial charge in [-0.05, 0) is 49.2 Å². The number of aliphatic hydroxyl groups excluding tert-OH is 1. The van der Waals surface area contributed by atoms with Gasteiger partial charge in [0.1, 0.15) is 6.33 Å². The molecule has 1 aliphatic rings. The smallest absolute Gasteiger partial charge is 0.391 e. The van der Waals surface area contributed by atoms with E-state index in [2.05, 4.69) is 19.9 Å². The molecular formula is C25H23ClF3N5O4S. The van der Waals surface area contributed by atoms with Gasteiger partial charge in [-0.2, -0.15) is 26.6 Å². The molecule has 39 heavy (non-hydrogen) atoms. The number of aryl methyl sites for hydroxylation is 1. The zero-order chi connectivity index (χ0) is 27.9. The maximum atomic E-state index is 13.3. The van der Waals surface area contributed by atoms with E-state index in [9.17, 15) is 26.7 Å². The van der Waals surface area contributed by atoms with Crippen LogP contribution in [0.25, 0.3) is 10.9 Å². The summed E-state index contributed by atoms with van der Waals surface area (Å²) >= 11 is 6.20. The highest BCUT2D eigenvalue weighted by molar-refractivity contribution is 7.86. The molecule has 0 saturated heterocycles. The normalized spacial score (nSPS) is 16.9. The molecule has 2 atom stereocenters. The molecule has 2 aromatic carbocycles. The Morgan fingerprint density at radius 3 is 2.67 bits per heavy atom. The topological polar surface area (TPSA) is 121 Å². The number of nitrogens with zero attached hydrogens (tertiary/aromatic N) is 4. The first-order valence-electron chi connectivity index (χ1n) is 11.9. The summed E-state index contributed by atoms with van der Waals surface area (Å²) < 4.78 is 70.3. The molecule has 9 nitrogen and oxygen atoms in total. The second-order valence-electron chi connectivity index (χ2n) is 9.21. The van der Waals surface area contributed by atoms with Gasteiger partial charge in [-0.3, -0.25) is 4.18 Å². The molecule has 2 aromatic heterocycles. The van der Waals surface area contributed by atoms with E-state index in [1.807, 2.05) is 6.92 Å². The van der Waals surface area contributed by atoms with Crippen LogP contribution in [0.5, 0.6) is 0 Å². The number of hydrogen-bond acceptors (Lipinski definition) is 8. The molecule has 4 aromatic rings. The molecule has 206 valence electrons. The lowest BCUT2D eigenvalue weighted by Gasteiger charge is -2.37. The van der Waals surface area contributed by atoms with Gasteiger partial charge in [0.05, 0.1) is 23.6 Å². The third-order valence-corrected chi connectivity index (χ3v) is 8.03. The Balaban J connectivity index is 1.45. The van der Waals surface area contributed by atoms with Gasteiger partial charge in [-0.25, -0.2) is 9.97 Å². The highest BCUT2D eigenvalue weighted by Gasteiger charge is 2.38. The Bertz CT molecular complexity index is 1610. The van der Waals surface area contributed by atoms with Gasteiger partial charge in [-0.15, -0.1) is 0 Å². The highest BCUT2D eigenvalue weighted by atomic mass is 35.5. The largest absolute Gasteiger partial charge is 0.451 e. The van der Waals surface area contributed by atoms with Gasteiger partial charge in [-0.1, -0.05) is 29.3 Å². The van der Waals surface area contributed by atoms with E-state index in [0.29, 0.717) is 17.1 Å². The maximum Gasteiger partial charge on any atom is 0.451 e. The first-order chi connectivity index (χ1) is 18.4. The van der Waals surface area contributed by atoms with E-state index < -0.39 is 40.9 Å². The van der Waals surface area contributed by atoms with E-state index in [4.69, 9.17) is 15.8 Å². The number of halogens is 4. The van der Waals surface area contributed by atoms with Crippen molar-refractivity contribution in [3.8, 4) is 0 Å². The van der Waals surface area contributed by atoms with Gasteiger partial charge in [0.25, 0.3) is 10.1 Å². The van der Waals surface area contributed by atoms with Crippen LogP contribution in [0, 0.1) is 6.92 Å². The van der Waals surface area contributed by atoms with Crippen molar-refractivity contribution in [3.63, 3.8) is 0 Å². The number of hydrogen-bond donors (Lipinski definition) is 2. The standard InChI is InChI=1S/C25H23ClF3N5O4S/c1-14-2-5-17(6-3-14)39(36,37)38-12-16(35)11-21-22-18(19-10-15(26)4-7-20(19)32-22)8-9-34(21)24-31-13-30-23(33-24)25(27,28)29/h2-7,10,13,16,21,32,35H,8-9,11-12H2,1H3/t16-,21-/m0/s1. The lowest BCUT2D eigenvalue weighted by atomic mass is 9.94. The Morgan fingerprint density at radius 1 is 1.21 bits per heavy atom. The number of alkyl halides is 3. The number of anilines is 1. The second-order valence-corrected chi connectivity index (χ2v) is 11.3. The zero-order valence-corrected chi connectivity index (χ0v) is 22.1. The molecular weight excluding hydrogens is 559 g/mol. The molecule has 0 saturated carbocycles. The summed E-state index contributed by atoms with van der Waals surface area (Å²) in [5.41, 5.74) is 3.15. The van der Waals surface area contributed by atoms with Crippen LogP contribution in [0.15, 0.2) is 53.7 Å². The van der Waals surface area contributed by atoms with E-state index in [-0.39, 0.29) is 23.8 Å². The van der Waals surface area contributed by atoms with E-state index in [1.54, 1.807) is 30.3 Å². The predicted octanol–water partition coefficient (Wildman–Crippen LogP) is 4.59. The number of benzene rings is 2. The van der Waals surface area contributed by atoms with Gasteiger partial charge in [0.15, 0.2) is 0 Å². The number of aliphatic hydroxyl groups is 1. The molecule has 3 heterocycles. The first-order valence-corrected chi connectivity index (χ1v) is 13.7. The van der Waals surface area contributed by atoms with Crippen molar-refractivity contribution >= 4 is 38.6 Å². The summed E-state index contributed by atoms with van der Waals surface area (Å²) in [5.74, 6) is -1.56. The summed E-state index contributed by atoms with van der Waals surface area (Å²) in [6, 6.07) is 10.6. The summed E-state index contributed by atoms with van der Waals surface area (Å²) in [6.07, 6.45) is -4.94. The fourth-order valence-corrected chi connectivity index (χ4v) is 5.77. The first kappa shape index (κ1) is 27.3. The fraction of sp³-hybridized carbons (Fsp3) is 0.320. The summed E-state index contributed by atoms with van der Waals surface area (Å²) in [5, 5.41) is 12.2. The maximum absolute atomic E-state index is 13.3. The highest BCUT2D eigenvalue weighted by Crippen LogP contribution is 2.39. The zero-order valence-electron chi connectivity index (χ0n) is 20.5. The number of rotatable bonds is 7. The SMILES string of the molecule is Cc1ccc(S(=O)(=O)OC[C@@H](O)C[C@H]2c3[nH]c4ccc(Cl)cc4c3CCN2c2ncnc(C(F)(F)F)n2)cc1. The number of fused-ring (bicyclic) bond motifs is 3. The Labute approximate surface area is 226 Å². The molecule has 1 aliphatic heterocycles. The van der Waals surface area contributed by atoms with Crippen LogP contribution < -0.4 is 4.90 Å². The fourth-order valence-electron chi connectivity index (χ4n) is 4.65. The van der Waals surface area contributed by atoms with Crippen LogP contribution in [0.2, 0.25) is 5.02 Å². The molecule has 0 aliphatic carbocycles. The summed E-state index contributed by atoms with van der Waals surface area (Å²) in [4.78, 5) is 15.6. The molecule has 0 fully saturated rings. The predicted molar refractivity (Wildman–Crippen MR) is 137 cm³/mol. The molecule has 0 bridgehead atoms. The van der Waals surface area contributed by atoms with Crippen molar-refractivity contribution in [2.45, 2.75) is 43.0 Å². The van der Waals surface area contributed by atoms with Gasteiger partial charge in [0, 0.05) is 34.6 Å². The molecule has 0 amide bonds. The number of aromatic amines is 1. The lowest BCUT2D eigenvalue weighted by molar-refractivity contribution is -0.145. The van der Waals surface area contributed by atoms with Crippen molar-refractivity contribution in [1.82, 2.24) is 19.9 Å². The van der Waals surface area contributed by atoms with Crippen molar-refractivity contribution in [1.29, 1.82) is 0 Å². The molecule has 0 unspecified atom stereocenters. The number of aromatic nitrogens is 4. The quantitative estimate of drug-likeness (QED) is 0.304. The minimum atomic E-state index is -4.77. The van der Waals surface area contributed by atoms with Crippen molar-refractivity contribution in [3.05, 3.63) is 76.5 Å². The number of H-pyrrole nitrogens is 1. The van der Waals surface area contributed by atoms with E-state index in [1.165, 1.54) is 17.0 Å². The van der Waals surface area contributed by atoms with E-state index in [0.717, 1.165) is 28.4 Å². The van der Waals surface area contributed by atoms with E-state index >= 15 is 0 Å². The van der Waals surface area contributed by atoms with Crippen molar-refractivity contribution < 1.29 is 30.9 Å². The minimum Gasteiger partial charge on any atom is -0.391 e. The number of nitrogens with one attached hydrogen (secondary N) is 1. The van der Waals surface area contributed by atoms with Crippen LogP contribution in [-0.4, -0.2) is 52.7 Å². The third kappa shape index (κ3) is 5.71. The van der Waals surface area contributed by atoms with Crippen molar-refractivity contribution in [2.75, 3.05) is 18.1 Å². The van der Waals surface area contributed by atoms with Gasteiger partial charge in [0.2, 0.25) is 11.8 Å². The van der Waals surface area contributed by atoms with Crippen LogP contribution in [0.1, 0.15) is 35.1 Å². The second kappa shape index (κ2) is 10.4. The molecule has 2 N–H and O–H groups in total.